The van der Waals surface area contributed by atoms with Crippen LogP contribution in [-0.4, -0.2) is 10.4 Å². The number of nitriles is 1. The van der Waals surface area contributed by atoms with E-state index in [0.717, 1.165) is 24.0 Å². The van der Waals surface area contributed by atoms with Gasteiger partial charge in [0.15, 0.2) is 5.78 Å². The molecule has 25 heavy (non-hydrogen) atoms. The predicted octanol–water partition coefficient (Wildman–Crippen LogP) is 4.31. The average molecular weight is 330 g/mol. The lowest BCUT2D eigenvalue weighted by Crippen LogP contribution is -2.26. The van der Waals surface area contributed by atoms with Crippen molar-refractivity contribution in [2.75, 3.05) is 0 Å². The molecule has 2 aromatic rings. The lowest BCUT2D eigenvalue weighted by atomic mass is 9.77. The molecule has 2 aliphatic rings. The van der Waals surface area contributed by atoms with Crippen molar-refractivity contribution >= 4 is 11.7 Å². The minimum atomic E-state index is -0.362. The molecule has 4 heteroatoms. The maximum absolute atomic E-state index is 12.7. The van der Waals surface area contributed by atoms with Gasteiger partial charge in [-0.25, -0.2) is 0 Å². The maximum Gasteiger partial charge on any atom is 0.218 e. The van der Waals surface area contributed by atoms with E-state index >= 15 is 0 Å². The van der Waals surface area contributed by atoms with Crippen LogP contribution >= 0.6 is 0 Å². The van der Waals surface area contributed by atoms with Crippen LogP contribution in [0.4, 0.5) is 0 Å². The largest absolute Gasteiger partial charge is 0.443 e. The van der Waals surface area contributed by atoms with Gasteiger partial charge in [-0.1, -0.05) is 29.8 Å². The smallest absolute Gasteiger partial charge is 0.218 e. The van der Waals surface area contributed by atoms with Crippen LogP contribution in [0.1, 0.15) is 36.3 Å². The summed E-state index contributed by atoms with van der Waals surface area (Å²) >= 11 is 0. The summed E-state index contributed by atoms with van der Waals surface area (Å²) in [4.78, 5) is 12.7. The van der Waals surface area contributed by atoms with Crippen LogP contribution < -0.4 is 0 Å². The molecule has 1 unspecified atom stereocenters. The highest BCUT2D eigenvalue weighted by Crippen LogP contribution is 2.45. The molecule has 0 amide bonds. The van der Waals surface area contributed by atoms with E-state index in [9.17, 15) is 10.1 Å². The van der Waals surface area contributed by atoms with Gasteiger partial charge >= 0.3 is 0 Å². The number of ketones is 1. The Bertz CT molecular complexity index is 925. The van der Waals surface area contributed by atoms with Gasteiger partial charge in [0.25, 0.3) is 0 Å². The number of hydrogen-bond donors (Lipinski definition) is 0. The number of aromatic nitrogens is 1. The second-order valence-corrected chi connectivity index (χ2v) is 6.48. The highest BCUT2D eigenvalue weighted by Gasteiger charge is 2.38. The van der Waals surface area contributed by atoms with Gasteiger partial charge in [0, 0.05) is 30.8 Å². The molecule has 1 aromatic carbocycles. The summed E-state index contributed by atoms with van der Waals surface area (Å²) in [5.74, 6) is 0.946. The first-order valence-corrected chi connectivity index (χ1v) is 8.47. The Hall–Kier alpha value is -3.06. The number of hydrogen-bond acceptors (Lipinski definition) is 3. The van der Waals surface area contributed by atoms with Gasteiger partial charge in [0.1, 0.15) is 17.4 Å². The summed E-state index contributed by atoms with van der Waals surface area (Å²) in [6.07, 6.45) is 5.75. The van der Waals surface area contributed by atoms with E-state index in [1.807, 2.05) is 60.3 Å². The third-order valence-corrected chi connectivity index (χ3v) is 4.81. The number of Topliss-reactive ketones (excluding diaryl/α,β-unsaturated/α-hetero) is 1. The zero-order valence-corrected chi connectivity index (χ0v) is 14.0. The first-order chi connectivity index (χ1) is 12.2. The number of carbonyl (C=O) groups is 1. The summed E-state index contributed by atoms with van der Waals surface area (Å²) in [6.45, 7) is 2.02. The van der Waals surface area contributed by atoms with Crippen LogP contribution in [0.15, 0.2) is 65.7 Å². The number of ether oxygens (including phenoxy) is 1. The third-order valence-electron chi connectivity index (χ3n) is 4.81. The van der Waals surface area contributed by atoms with Crippen LogP contribution in [0.25, 0.3) is 5.88 Å². The molecular formula is C21H18N2O2. The normalized spacial score (nSPS) is 20.2. The fraction of sp³-hybridized carbons (Fsp3) is 0.238. The van der Waals surface area contributed by atoms with E-state index in [-0.39, 0.29) is 11.7 Å². The molecule has 1 aliphatic heterocycles. The minimum absolute atomic E-state index is 0.0890. The predicted molar refractivity (Wildman–Crippen MR) is 94.2 cm³/mol. The van der Waals surface area contributed by atoms with Crippen molar-refractivity contribution < 1.29 is 9.53 Å². The van der Waals surface area contributed by atoms with Crippen LogP contribution in [-0.2, 0) is 9.53 Å². The van der Waals surface area contributed by atoms with Crippen molar-refractivity contribution in [2.45, 2.75) is 32.1 Å². The molecule has 4 nitrogen and oxygen atoms in total. The monoisotopic (exact) mass is 330 g/mol. The number of allylic oxidation sites excluding steroid dienone is 3. The van der Waals surface area contributed by atoms with E-state index in [0.29, 0.717) is 29.2 Å². The fourth-order valence-electron chi connectivity index (χ4n) is 3.57. The van der Waals surface area contributed by atoms with Gasteiger partial charge in [0.05, 0.1) is 5.92 Å². The summed E-state index contributed by atoms with van der Waals surface area (Å²) < 4.78 is 7.87. The Morgan fingerprint density at radius 3 is 2.56 bits per heavy atom. The van der Waals surface area contributed by atoms with Crippen molar-refractivity contribution in [3.05, 3.63) is 76.8 Å². The van der Waals surface area contributed by atoms with Crippen LogP contribution in [0.5, 0.6) is 0 Å². The number of carbonyl (C=O) groups excluding carboxylic acids is 1. The van der Waals surface area contributed by atoms with Gasteiger partial charge in [-0.15, -0.1) is 0 Å². The van der Waals surface area contributed by atoms with Gasteiger partial charge in [0.2, 0.25) is 5.88 Å². The highest BCUT2D eigenvalue weighted by molar-refractivity contribution is 6.00. The molecule has 0 N–H and O–H groups in total. The summed E-state index contributed by atoms with van der Waals surface area (Å²) in [5, 5.41) is 9.89. The summed E-state index contributed by atoms with van der Waals surface area (Å²) in [7, 11) is 0. The van der Waals surface area contributed by atoms with Crippen molar-refractivity contribution in [2.24, 2.45) is 0 Å². The van der Waals surface area contributed by atoms with Crippen LogP contribution in [0.2, 0.25) is 0 Å². The lowest BCUT2D eigenvalue weighted by molar-refractivity contribution is -0.116. The Labute approximate surface area is 146 Å². The molecule has 0 saturated heterocycles. The minimum Gasteiger partial charge on any atom is -0.443 e. The fourth-order valence-corrected chi connectivity index (χ4v) is 3.57. The van der Waals surface area contributed by atoms with Gasteiger partial charge in [-0.3, -0.25) is 9.36 Å². The molecular weight excluding hydrogens is 312 g/mol. The van der Waals surface area contributed by atoms with Crippen molar-refractivity contribution in [1.29, 1.82) is 5.26 Å². The second-order valence-electron chi connectivity index (χ2n) is 6.48. The second kappa shape index (κ2) is 6.10. The van der Waals surface area contributed by atoms with Gasteiger partial charge < -0.3 is 4.74 Å². The maximum atomic E-state index is 12.7. The first kappa shape index (κ1) is 15.5. The van der Waals surface area contributed by atoms with Crippen molar-refractivity contribution in [3.63, 3.8) is 0 Å². The molecule has 1 aliphatic carbocycles. The molecule has 2 heterocycles. The molecule has 0 radical (unpaired) electrons. The zero-order chi connectivity index (χ0) is 17.4. The summed E-state index contributed by atoms with van der Waals surface area (Å²) in [6, 6.07) is 14.1. The molecule has 0 saturated carbocycles. The molecule has 124 valence electrons. The van der Waals surface area contributed by atoms with Gasteiger partial charge in [-0.05, 0) is 31.0 Å². The standard InChI is InChI=1S/C21H18N2O2/c1-14-7-9-15(10-8-14)19-16(13-22)21(23-11-2-3-12-23)25-18-6-4-5-17(24)20(18)19/h2-3,7-12,19H,4-6H2,1H3. The van der Waals surface area contributed by atoms with E-state index in [1.165, 1.54) is 0 Å². The molecule has 0 spiro atoms. The third kappa shape index (κ3) is 2.58. The number of aryl methyl sites for hydroxylation is 1. The number of benzene rings is 1. The topological polar surface area (TPSA) is 55.0 Å². The molecule has 0 fully saturated rings. The van der Waals surface area contributed by atoms with Gasteiger partial charge in [-0.2, -0.15) is 5.26 Å². The molecule has 0 bridgehead atoms. The van der Waals surface area contributed by atoms with E-state index in [4.69, 9.17) is 4.74 Å². The average Bonchev–Trinajstić information content (AvgIpc) is 3.15. The first-order valence-electron chi connectivity index (χ1n) is 8.47. The SMILES string of the molecule is Cc1ccc(C2C(C#N)=C(n3cccc3)OC3=C2C(=O)CCC3)cc1. The Morgan fingerprint density at radius 1 is 1.16 bits per heavy atom. The Morgan fingerprint density at radius 2 is 1.88 bits per heavy atom. The van der Waals surface area contributed by atoms with Crippen molar-refractivity contribution in [1.82, 2.24) is 4.57 Å². The van der Waals surface area contributed by atoms with E-state index < -0.39 is 0 Å². The number of nitrogens with zero attached hydrogens (tertiary/aromatic N) is 2. The highest BCUT2D eigenvalue weighted by atomic mass is 16.5. The zero-order valence-electron chi connectivity index (χ0n) is 14.0. The van der Waals surface area contributed by atoms with Crippen molar-refractivity contribution in [3.8, 4) is 6.07 Å². The molecule has 1 aromatic heterocycles. The van der Waals surface area contributed by atoms with E-state index in [1.54, 1.807) is 0 Å². The Kier molecular flexibility index (Phi) is 3.77. The van der Waals surface area contributed by atoms with Crippen LogP contribution in [0.3, 0.4) is 0 Å². The Balaban J connectivity index is 1.94. The van der Waals surface area contributed by atoms with E-state index in [2.05, 4.69) is 6.07 Å². The number of rotatable bonds is 2. The molecule has 1 atom stereocenters. The summed E-state index contributed by atoms with van der Waals surface area (Å²) in [5.41, 5.74) is 3.24. The molecule has 4 rings (SSSR count). The quantitative estimate of drug-likeness (QED) is 0.824. The lowest BCUT2D eigenvalue weighted by Gasteiger charge is -2.32. The van der Waals surface area contributed by atoms with Crippen LogP contribution in [0, 0.1) is 18.3 Å².